The van der Waals surface area contributed by atoms with E-state index in [1.165, 1.54) is 106 Å². The van der Waals surface area contributed by atoms with Gasteiger partial charge in [-0.15, -0.1) is 0 Å². The van der Waals surface area contributed by atoms with Gasteiger partial charge in [0.2, 0.25) is 65.0 Å². The number of hydrogen-bond acceptors (Lipinski definition) is 15. The van der Waals surface area contributed by atoms with Gasteiger partial charge in [0, 0.05) is 61.7 Å². The van der Waals surface area contributed by atoms with Gasteiger partial charge in [0.1, 0.15) is 73.4 Å². The predicted octanol–water partition coefficient (Wildman–Crippen LogP) is 3.13. The minimum Gasteiger partial charge on any atom is -0.445 e. The van der Waals surface area contributed by atoms with Crippen LogP contribution < -0.4 is 21.3 Å². The minimum atomic E-state index is -1.73. The molecule has 0 saturated carbocycles. The summed E-state index contributed by atoms with van der Waals surface area (Å²) in [6, 6.07) is -12.8. The highest BCUT2D eigenvalue weighted by Gasteiger charge is 2.46. The SMILES string of the molecule is CC[C@@H]1NC(=O)C([C@H](O)[C@H](C)CC=CCOC(=O)n2ccnc2)N(C)C(=O)[C@H](C(C)C)N(C)C(=O)[C@H](CC(C)C)N(C)C(=O)[C@@H](CC(C)C)N(C)C(=O)[C@@H](C)NC(=O)[C@H](C)NC(=O)[C@H](CC(C)C)N(C)C(=O)[C@H](C(C)C)NC(=O)C(CC(C)C)N(C)C(=O)CN(C)C1=O. The summed E-state index contributed by atoms with van der Waals surface area (Å²) >= 11 is 0. The Morgan fingerprint density at radius 3 is 1.48 bits per heavy atom. The molecule has 1 aliphatic heterocycles. The second kappa shape index (κ2) is 37.4. The summed E-state index contributed by atoms with van der Waals surface area (Å²) in [7, 11) is 9.75. The number of rotatable bonds is 17. The van der Waals surface area contributed by atoms with Crippen molar-refractivity contribution in [2.75, 3.05) is 62.5 Å². The van der Waals surface area contributed by atoms with Gasteiger partial charge in [0.05, 0.1) is 12.6 Å². The lowest BCUT2D eigenvalue weighted by molar-refractivity contribution is -0.157. The van der Waals surface area contributed by atoms with Gasteiger partial charge in [-0.25, -0.2) is 14.3 Å². The Morgan fingerprint density at radius 1 is 0.538 bits per heavy atom. The summed E-state index contributed by atoms with van der Waals surface area (Å²) in [6.07, 6.45) is 5.52. The monoisotopic (exact) mass is 1310 g/mol. The molecule has 1 fully saturated rings. The Morgan fingerprint density at radius 2 is 1.00 bits per heavy atom. The number of likely N-dealkylation sites (N-methyl/N-ethyl adjacent to an activating group) is 7. The van der Waals surface area contributed by atoms with Gasteiger partial charge in [-0.2, -0.15) is 0 Å². The Labute approximate surface area is 552 Å². The first-order valence-corrected chi connectivity index (χ1v) is 32.7. The quantitative estimate of drug-likeness (QED) is 0.140. The highest BCUT2D eigenvalue weighted by Crippen LogP contribution is 2.26. The van der Waals surface area contributed by atoms with E-state index in [0.717, 1.165) is 14.4 Å². The Kier molecular flexibility index (Phi) is 32.9. The van der Waals surface area contributed by atoms with Crippen molar-refractivity contribution in [3.05, 3.63) is 30.9 Å². The maximum absolute atomic E-state index is 15.3. The summed E-state index contributed by atoms with van der Waals surface area (Å²) in [6.45, 7) is 27.0. The summed E-state index contributed by atoms with van der Waals surface area (Å²) in [5.41, 5.74) is 0. The molecule has 0 spiro atoms. The second-order valence-electron chi connectivity index (χ2n) is 27.5. The van der Waals surface area contributed by atoms with Crippen molar-refractivity contribution in [1.29, 1.82) is 0 Å². The van der Waals surface area contributed by atoms with Crippen LogP contribution in [-0.4, -0.2) is 249 Å². The molecule has 1 aromatic heterocycles. The van der Waals surface area contributed by atoms with Gasteiger partial charge >= 0.3 is 6.09 Å². The van der Waals surface area contributed by atoms with Gasteiger partial charge in [0.25, 0.3) is 0 Å². The maximum atomic E-state index is 15.3. The van der Waals surface area contributed by atoms with Crippen molar-refractivity contribution in [2.24, 2.45) is 41.4 Å². The molecule has 11 amide bonds. The largest absolute Gasteiger partial charge is 0.445 e. The third-order valence-corrected chi connectivity index (χ3v) is 17.0. The fourth-order valence-electron chi connectivity index (χ4n) is 11.3. The van der Waals surface area contributed by atoms with Crippen LogP contribution in [0, 0.1) is 41.4 Å². The van der Waals surface area contributed by atoms with Crippen LogP contribution in [0.4, 0.5) is 4.79 Å². The van der Waals surface area contributed by atoms with E-state index in [4.69, 9.17) is 4.74 Å². The molecule has 1 aromatic rings. The summed E-state index contributed by atoms with van der Waals surface area (Å²) < 4.78 is 6.42. The standard InChI is InChI=1S/C66H113N13O14/c1-24-46-61(87)72(17)35-51(80)73(18)47(31-37(2)3)58(84)71-52(41(10)11)64(90)74(19)48(32-38(4)5)57(83)68-44(15)56(82)69-45(16)60(86)75(20)49(33-39(6)7)62(88)76(21)50(34-40(8)9)63(89)77(22)53(42(12)13)65(91)78(23)54(59(85)70-46)55(81)43(14)27-25-26-30-93-66(92)79-29-28-67-36-79/h25-26,28-29,36-50,52-55,81H,24,27,30-35H2,1-23H3,(H,68,83)(H,69,82)(H,70,85)(H,71,84)/t43-,44+,45-,46+,47?,48+,49-,50+,52+,53+,54?,55-/m1/s1. The van der Waals surface area contributed by atoms with Gasteiger partial charge in [0.15, 0.2) is 0 Å². The van der Waals surface area contributed by atoms with Crippen molar-refractivity contribution in [1.82, 2.24) is 65.1 Å². The van der Waals surface area contributed by atoms with Crippen molar-refractivity contribution in [3.8, 4) is 0 Å². The third kappa shape index (κ3) is 23.2. The molecule has 0 aromatic carbocycles. The van der Waals surface area contributed by atoms with Crippen LogP contribution in [0.2, 0.25) is 0 Å². The van der Waals surface area contributed by atoms with Crippen LogP contribution in [0.5, 0.6) is 0 Å². The van der Waals surface area contributed by atoms with E-state index in [1.54, 1.807) is 53.7 Å². The number of imidazole rings is 1. The molecule has 0 bridgehead atoms. The average molecular weight is 1310 g/mol. The lowest BCUT2D eigenvalue weighted by Gasteiger charge is -2.41. The number of nitrogens with one attached hydrogen (secondary N) is 4. The molecule has 27 heteroatoms. The van der Waals surface area contributed by atoms with E-state index >= 15 is 19.2 Å². The maximum Gasteiger partial charge on any atom is 0.419 e. The second-order valence-corrected chi connectivity index (χ2v) is 27.5. The zero-order chi connectivity index (χ0) is 71.4. The minimum absolute atomic E-state index is 0.0307. The number of carbonyl (C=O) groups excluding carboxylic acids is 12. The van der Waals surface area contributed by atoms with Crippen molar-refractivity contribution in [2.45, 2.75) is 216 Å². The zero-order valence-electron chi connectivity index (χ0n) is 59.7. The van der Waals surface area contributed by atoms with E-state index in [-0.39, 0.29) is 68.8 Å². The number of ether oxygens (including phenoxy) is 1. The van der Waals surface area contributed by atoms with E-state index in [1.807, 2.05) is 55.4 Å². The molecular weight excluding hydrogens is 1200 g/mol. The van der Waals surface area contributed by atoms with E-state index in [9.17, 15) is 43.5 Å². The number of aromatic nitrogens is 2. The molecule has 93 heavy (non-hydrogen) atoms. The number of allylic oxidation sites excluding steroid dienone is 1. The van der Waals surface area contributed by atoms with Crippen LogP contribution in [0.15, 0.2) is 30.9 Å². The zero-order valence-corrected chi connectivity index (χ0v) is 59.7. The average Bonchev–Trinajstić information content (AvgIpc) is 1.09. The number of carbonyl (C=O) groups is 12. The molecule has 526 valence electrons. The van der Waals surface area contributed by atoms with Crippen LogP contribution in [-0.2, 0) is 57.5 Å². The van der Waals surface area contributed by atoms with Crippen LogP contribution in [0.3, 0.4) is 0 Å². The molecule has 1 aliphatic rings. The third-order valence-electron chi connectivity index (χ3n) is 17.0. The molecular formula is C66H113N13O14. The Hall–Kier alpha value is -7.45. The van der Waals surface area contributed by atoms with Gasteiger partial charge in [-0.05, 0) is 93.8 Å². The van der Waals surface area contributed by atoms with Crippen LogP contribution in [0.1, 0.15) is 149 Å². The van der Waals surface area contributed by atoms with Crippen LogP contribution >= 0.6 is 0 Å². The summed E-state index contributed by atoms with van der Waals surface area (Å²) in [4.78, 5) is 186. The Bertz CT molecular complexity index is 2740. The first-order valence-electron chi connectivity index (χ1n) is 32.7. The summed E-state index contributed by atoms with van der Waals surface area (Å²) in [5, 5.41) is 23.3. The van der Waals surface area contributed by atoms with Gasteiger partial charge in [-0.3, -0.25) is 52.7 Å². The first-order chi connectivity index (χ1) is 43.1. The summed E-state index contributed by atoms with van der Waals surface area (Å²) in [5.74, 6) is -10.5. The topological polar surface area (TPSA) is 323 Å². The molecule has 2 rings (SSSR count). The van der Waals surface area contributed by atoms with Gasteiger partial charge in [-0.1, -0.05) is 109 Å². The number of aliphatic hydroxyl groups is 1. The smallest absolute Gasteiger partial charge is 0.419 e. The van der Waals surface area contributed by atoms with E-state index < -0.39 is 162 Å². The van der Waals surface area contributed by atoms with E-state index in [2.05, 4.69) is 26.3 Å². The normalized spacial score (nSPS) is 25.5. The molecule has 2 unspecified atom stereocenters. The van der Waals surface area contributed by atoms with Gasteiger partial charge < -0.3 is 65.4 Å². The first kappa shape index (κ1) is 81.6. The number of amides is 11. The number of nitrogens with zero attached hydrogens (tertiary/aromatic N) is 9. The predicted molar refractivity (Wildman–Crippen MR) is 352 cm³/mol. The fraction of sp³-hybridized carbons (Fsp3) is 0.742. The molecule has 1 saturated heterocycles. The van der Waals surface area contributed by atoms with Crippen molar-refractivity contribution < 1.29 is 67.4 Å². The fourth-order valence-corrected chi connectivity index (χ4v) is 11.3. The molecule has 27 nitrogen and oxygen atoms in total. The lowest BCUT2D eigenvalue weighted by Crippen LogP contribution is -2.63. The van der Waals surface area contributed by atoms with E-state index in [0.29, 0.717) is 0 Å². The number of aliphatic hydroxyl groups excluding tert-OH is 1. The molecule has 12 atom stereocenters. The highest BCUT2D eigenvalue weighted by molar-refractivity contribution is 5.99. The molecule has 0 aliphatic carbocycles. The number of hydrogen-bond donors (Lipinski definition) is 5. The van der Waals surface area contributed by atoms with Crippen LogP contribution in [0.25, 0.3) is 0 Å². The van der Waals surface area contributed by atoms with Crippen molar-refractivity contribution >= 4 is 71.1 Å². The lowest BCUT2D eigenvalue weighted by atomic mass is 9.91. The molecule has 0 radical (unpaired) electrons. The Balaban J connectivity index is 2.96. The highest BCUT2D eigenvalue weighted by atomic mass is 16.5. The molecule has 2 heterocycles. The van der Waals surface area contributed by atoms with Crippen molar-refractivity contribution in [3.63, 3.8) is 0 Å². The molecule has 5 N–H and O–H groups in total.